The maximum absolute atomic E-state index is 14.8. The highest BCUT2D eigenvalue weighted by atomic mass is 19.2. The number of halogens is 5. The van der Waals surface area contributed by atoms with Gasteiger partial charge in [-0.05, 0) is 56.7 Å². The standard InChI is InChI=1S/C33H35F5N2O5/c1-33(2,3)45-32(44)39-22(13-17-9-5-4-6-10-17)23(41)16-19(14-21-25(34)27(36)29(38)28(37)26(21)35)31(43)40-30-20-12-8-7-11-18(20)15-24(30)42/h4-12,19,22-24,30,41-42H,13-16H2,1-3H3,(H,39,44)(H,40,43)/t19-,22+,23+,24-,30-/m1/s1. The lowest BCUT2D eigenvalue weighted by Crippen LogP contribution is -2.48. The van der Waals surface area contributed by atoms with Crippen molar-refractivity contribution >= 4 is 12.0 Å². The number of carbonyl (C=O) groups is 2. The molecule has 0 aliphatic heterocycles. The number of benzene rings is 3. The third-order valence-electron chi connectivity index (χ3n) is 7.61. The van der Waals surface area contributed by atoms with Crippen molar-refractivity contribution in [3.8, 4) is 0 Å². The monoisotopic (exact) mass is 634 g/mol. The molecule has 242 valence electrons. The van der Waals surface area contributed by atoms with Gasteiger partial charge in [-0.25, -0.2) is 26.7 Å². The number of hydrogen-bond donors (Lipinski definition) is 4. The van der Waals surface area contributed by atoms with Crippen LogP contribution in [0.3, 0.4) is 0 Å². The maximum Gasteiger partial charge on any atom is 0.407 e. The Hall–Kier alpha value is -4.03. The molecule has 0 unspecified atom stereocenters. The summed E-state index contributed by atoms with van der Waals surface area (Å²) in [7, 11) is 0. The molecule has 12 heteroatoms. The lowest BCUT2D eigenvalue weighted by atomic mass is 9.88. The van der Waals surface area contributed by atoms with E-state index in [1.807, 2.05) is 0 Å². The van der Waals surface area contributed by atoms with E-state index >= 15 is 0 Å². The Labute approximate surface area is 257 Å². The second kappa shape index (κ2) is 13.9. The second-order valence-corrected chi connectivity index (χ2v) is 12.2. The van der Waals surface area contributed by atoms with Gasteiger partial charge in [-0.3, -0.25) is 4.79 Å². The SMILES string of the molecule is CC(C)(C)OC(=O)N[C@@H](Cc1ccccc1)[C@@H](O)C[C@@H](Cc1c(F)c(F)c(F)c(F)c1F)C(=O)N[C@@H]1c2ccccc2C[C@H]1O. The second-order valence-electron chi connectivity index (χ2n) is 12.2. The van der Waals surface area contributed by atoms with Crippen molar-refractivity contribution in [3.05, 3.63) is 106 Å². The zero-order valence-corrected chi connectivity index (χ0v) is 24.9. The molecule has 0 spiro atoms. The van der Waals surface area contributed by atoms with Gasteiger partial charge < -0.3 is 25.6 Å². The topological polar surface area (TPSA) is 108 Å². The van der Waals surface area contributed by atoms with Crippen LogP contribution in [0.25, 0.3) is 0 Å². The molecule has 0 saturated heterocycles. The Morgan fingerprint density at radius 2 is 1.47 bits per heavy atom. The van der Waals surface area contributed by atoms with Crippen LogP contribution >= 0.6 is 0 Å². The van der Waals surface area contributed by atoms with Gasteiger partial charge in [0.1, 0.15) is 5.60 Å². The zero-order chi connectivity index (χ0) is 33.1. The van der Waals surface area contributed by atoms with Crippen molar-refractivity contribution in [3.63, 3.8) is 0 Å². The lowest BCUT2D eigenvalue weighted by Gasteiger charge is -2.30. The molecule has 0 aromatic heterocycles. The highest BCUT2D eigenvalue weighted by molar-refractivity contribution is 5.80. The summed E-state index contributed by atoms with van der Waals surface area (Å²) in [5.74, 6) is -13.4. The predicted octanol–water partition coefficient (Wildman–Crippen LogP) is 5.20. The van der Waals surface area contributed by atoms with Crippen LogP contribution in [-0.4, -0.2) is 46.1 Å². The summed E-state index contributed by atoms with van der Waals surface area (Å²) in [5.41, 5.74) is -0.0766. The first-order valence-corrected chi connectivity index (χ1v) is 14.4. The van der Waals surface area contributed by atoms with Gasteiger partial charge in [0.25, 0.3) is 0 Å². The van der Waals surface area contributed by atoms with Crippen molar-refractivity contribution < 1.29 is 46.5 Å². The van der Waals surface area contributed by atoms with Crippen molar-refractivity contribution in [1.29, 1.82) is 0 Å². The van der Waals surface area contributed by atoms with Crippen LogP contribution in [0.5, 0.6) is 0 Å². The fourth-order valence-electron chi connectivity index (χ4n) is 5.44. The average molecular weight is 635 g/mol. The molecule has 0 heterocycles. The minimum absolute atomic E-state index is 0.0484. The van der Waals surface area contributed by atoms with Crippen LogP contribution in [0.2, 0.25) is 0 Å². The average Bonchev–Trinajstić information content (AvgIpc) is 3.30. The molecular weight excluding hydrogens is 599 g/mol. The first-order valence-electron chi connectivity index (χ1n) is 14.4. The number of ether oxygens (including phenoxy) is 1. The smallest absolute Gasteiger partial charge is 0.407 e. The van der Waals surface area contributed by atoms with Crippen molar-refractivity contribution in [2.24, 2.45) is 5.92 Å². The van der Waals surface area contributed by atoms with Crippen LogP contribution in [0, 0.1) is 35.0 Å². The Bertz CT molecular complexity index is 1500. The van der Waals surface area contributed by atoms with E-state index in [1.165, 1.54) is 0 Å². The van der Waals surface area contributed by atoms with E-state index in [0.29, 0.717) is 11.1 Å². The molecule has 1 aliphatic carbocycles. The normalized spacial score (nSPS) is 18.1. The van der Waals surface area contributed by atoms with Gasteiger partial charge in [0.05, 0.1) is 24.3 Å². The minimum Gasteiger partial charge on any atom is -0.444 e. The molecule has 4 N–H and O–H groups in total. The summed E-state index contributed by atoms with van der Waals surface area (Å²) >= 11 is 0. The first-order chi connectivity index (χ1) is 21.2. The van der Waals surface area contributed by atoms with Crippen molar-refractivity contribution in [1.82, 2.24) is 10.6 Å². The number of carbonyl (C=O) groups excluding carboxylic acids is 2. The number of rotatable bonds is 10. The van der Waals surface area contributed by atoms with E-state index in [9.17, 15) is 41.8 Å². The van der Waals surface area contributed by atoms with Gasteiger partial charge in [-0.2, -0.15) is 0 Å². The summed E-state index contributed by atoms with van der Waals surface area (Å²) in [6.45, 7) is 4.90. The van der Waals surface area contributed by atoms with Gasteiger partial charge >= 0.3 is 6.09 Å². The zero-order valence-electron chi connectivity index (χ0n) is 24.9. The van der Waals surface area contributed by atoms with Gasteiger partial charge in [0.15, 0.2) is 23.3 Å². The van der Waals surface area contributed by atoms with Crippen LogP contribution in [-0.2, 0) is 28.8 Å². The van der Waals surface area contributed by atoms with E-state index in [-0.39, 0.29) is 12.8 Å². The highest BCUT2D eigenvalue weighted by Crippen LogP contribution is 2.33. The Kier molecular flexibility index (Phi) is 10.5. The number of fused-ring (bicyclic) bond motifs is 1. The van der Waals surface area contributed by atoms with Gasteiger partial charge in [-0.1, -0.05) is 54.6 Å². The number of alkyl carbamates (subject to hydrolysis) is 1. The van der Waals surface area contributed by atoms with Gasteiger partial charge in [0.2, 0.25) is 11.7 Å². The molecule has 1 aliphatic rings. The fourth-order valence-corrected chi connectivity index (χ4v) is 5.44. The van der Waals surface area contributed by atoms with Gasteiger partial charge in [0, 0.05) is 17.9 Å². The third-order valence-corrected chi connectivity index (χ3v) is 7.61. The largest absolute Gasteiger partial charge is 0.444 e. The molecule has 3 aromatic carbocycles. The summed E-state index contributed by atoms with van der Waals surface area (Å²) in [5, 5.41) is 27.2. The van der Waals surface area contributed by atoms with Crippen molar-refractivity contribution in [2.75, 3.05) is 0 Å². The number of amides is 2. The predicted molar refractivity (Wildman–Crippen MR) is 154 cm³/mol. The molecule has 45 heavy (non-hydrogen) atoms. The molecule has 0 saturated carbocycles. The maximum atomic E-state index is 14.8. The Morgan fingerprint density at radius 1 is 0.889 bits per heavy atom. The molecule has 0 fully saturated rings. The Balaban J connectivity index is 1.66. The molecular formula is C33H35F5N2O5. The molecule has 0 radical (unpaired) electrons. The summed E-state index contributed by atoms with van der Waals surface area (Å²) in [4.78, 5) is 26.4. The van der Waals surface area contributed by atoms with Crippen LogP contribution < -0.4 is 10.6 Å². The van der Waals surface area contributed by atoms with Gasteiger partial charge in [-0.15, -0.1) is 0 Å². The Morgan fingerprint density at radius 3 is 2.09 bits per heavy atom. The summed E-state index contributed by atoms with van der Waals surface area (Å²) < 4.78 is 76.9. The molecule has 4 rings (SSSR count). The van der Waals surface area contributed by atoms with Crippen LogP contribution in [0.4, 0.5) is 26.7 Å². The van der Waals surface area contributed by atoms with E-state index in [2.05, 4.69) is 10.6 Å². The lowest BCUT2D eigenvalue weighted by molar-refractivity contribution is -0.127. The highest BCUT2D eigenvalue weighted by Gasteiger charge is 2.37. The molecule has 0 bridgehead atoms. The van der Waals surface area contributed by atoms with Crippen molar-refractivity contribution in [2.45, 2.75) is 76.3 Å². The molecule has 7 nitrogen and oxygen atoms in total. The molecule has 2 amide bonds. The van der Waals surface area contributed by atoms with E-state index in [0.717, 1.165) is 5.56 Å². The van der Waals surface area contributed by atoms with Crippen LogP contribution in [0.1, 0.15) is 55.5 Å². The van der Waals surface area contributed by atoms with E-state index in [1.54, 1.807) is 75.4 Å². The van der Waals surface area contributed by atoms with E-state index in [4.69, 9.17) is 4.74 Å². The number of aliphatic hydroxyl groups excluding tert-OH is 2. The summed E-state index contributed by atoms with van der Waals surface area (Å²) in [6.07, 6.45) is -4.78. The third kappa shape index (κ3) is 8.17. The van der Waals surface area contributed by atoms with E-state index < -0.39 is 95.3 Å². The number of aliphatic hydroxyl groups is 2. The molecule has 5 atom stereocenters. The fraction of sp³-hybridized carbons (Fsp3) is 0.394. The number of nitrogens with one attached hydrogen (secondary N) is 2. The minimum atomic E-state index is -2.34. The first kappa shape index (κ1) is 33.9. The number of hydrogen-bond acceptors (Lipinski definition) is 5. The van der Waals surface area contributed by atoms with Crippen LogP contribution in [0.15, 0.2) is 54.6 Å². The summed E-state index contributed by atoms with van der Waals surface area (Å²) in [6, 6.07) is 13.6. The quantitative estimate of drug-likeness (QED) is 0.139. The molecule has 3 aromatic rings.